The van der Waals surface area contributed by atoms with Crippen molar-refractivity contribution < 1.29 is 28.9 Å². The molecular formula is C29H38O7. The summed E-state index contributed by atoms with van der Waals surface area (Å²) in [6.45, 7) is 9.93. The molecule has 7 heteroatoms. The lowest BCUT2D eigenvalue weighted by Crippen LogP contribution is -2.63. The van der Waals surface area contributed by atoms with Crippen molar-refractivity contribution in [1.82, 2.24) is 0 Å². The molecule has 0 bridgehead atoms. The van der Waals surface area contributed by atoms with Gasteiger partial charge in [0.25, 0.3) is 0 Å². The first-order valence-electron chi connectivity index (χ1n) is 12.8. The number of esters is 1. The Morgan fingerprint density at radius 3 is 2.61 bits per heavy atom. The Hall–Kier alpha value is -2.64. The molecule has 1 aromatic heterocycles. The van der Waals surface area contributed by atoms with E-state index in [-0.39, 0.29) is 36.4 Å². The second kappa shape index (κ2) is 9.67. The molecule has 2 fully saturated rings. The number of aliphatic hydroxyl groups excluding tert-OH is 1. The summed E-state index contributed by atoms with van der Waals surface area (Å²) in [5, 5.41) is 23.4. The number of benzene rings is 1. The Kier molecular flexibility index (Phi) is 7.10. The number of aliphatic hydroxyl groups is 2. The summed E-state index contributed by atoms with van der Waals surface area (Å²) in [6, 6.07) is 8.46. The van der Waals surface area contributed by atoms with Gasteiger partial charge in [0.2, 0.25) is 0 Å². The highest BCUT2D eigenvalue weighted by Gasteiger charge is 2.62. The molecule has 2 saturated carbocycles. The SMILES string of the molecule is CC=C(C)C(=O)OC[C@]1(C)[C@H]2CC[C@](C)(O)[C@@H](COc3ccc4ccc(=O)oc4c3)[C@]2(C)CC[C@H]1O. The van der Waals surface area contributed by atoms with Gasteiger partial charge < -0.3 is 24.1 Å². The molecule has 0 radical (unpaired) electrons. The zero-order valence-corrected chi connectivity index (χ0v) is 21.9. The molecule has 0 amide bonds. The fourth-order valence-electron chi connectivity index (χ4n) is 6.66. The maximum absolute atomic E-state index is 12.4. The van der Waals surface area contributed by atoms with Crippen molar-refractivity contribution in [3.63, 3.8) is 0 Å². The minimum absolute atomic E-state index is 0.0240. The van der Waals surface area contributed by atoms with Gasteiger partial charge in [-0.1, -0.05) is 19.9 Å². The molecule has 1 heterocycles. The molecule has 2 aliphatic rings. The molecule has 0 unspecified atom stereocenters. The van der Waals surface area contributed by atoms with E-state index < -0.39 is 22.7 Å². The van der Waals surface area contributed by atoms with Crippen LogP contribution < -0.4 is 10.4 Å². The number of ether oxygens (including phenoxy) is 2. The number of hydrogen-bond donors (Lipinski definition) is 2. The zero-order chi connectivity index (χ0) is 26.3. The van der Waals surface area contributed by atoms with Crippen molar-refractivity contribution in [2.75, 3.05) is 13.2 Å². The lowest BCUT2D eigenvalue weighted by Gasteiger charge is -2.62. The molecule has 0 spiro atoms. The fraction of sp³-hybridized carbons (Fsp3) is 0.586. The molecule has 36 heavy (non-hydrogen) atoms. The Morgan fingerprint density at radius 1 is 1.17 bits per heavy atom. The molecule has 6 atom stereocenters. The number of carbonyl (C=O) groups is 1. The van der Waals surface area contributed by atoms with E-state index in [9.17, 15) is 19.8 Å². The second-order valence-electron chi connectivity index (χ2n) is 11.4. The molecule has 7 nitrogen and oxygen atoms in total. The molecule has 1 aromatic carbocycles. The van der Waals surface area contributed by atoms with Gasteiger partial charge in [-0.05, 0) is 76.0 Å². The number of fused-ring (bicyclic) bond motifs is 2. The van der Waals surface area contributed by atoms with E-state index in [0.717, 1.165) is 18.2 Å². The van der Waals surface area contributed by atoms with Gasteiger partial charge >= 0.3 is 11.6 Å². The first kappa shape index (κ1) is 26.4. The number of rotatable bonds is 6. The van der Waals surface area contributed by atoms with Crippen LogP contribution in [-0.4, -0.2) is 41.1 Å². The van der Waals surface area contributed by atoms with E-state index in [1.807, 2.05) is 26.0 Å². The van der Waals surface area contributed by atoms with Crippen LogP contribution in [-0.2, 0) is 9.53 Å². The van der Waals surface area contributed by atoms with Crippen molar-refractivity contribution in [1.29, 1.82) is 0 Å². The van der Waals surface area contributed by atoms with Crippen molar-refractivity contribution in [2.45, 2.75) is 72.0 Å². The average Bonchev–Trinajstić information content (AvgIpc) is 2.83. The van der Waals surface area contributed by atoms with Gasteiger partial charge in [0.05, 0.1) is 24.9 Å². The zero-order valence-electron chi connectivity index (χ0n) is 21.9. The van der Waals surface area contributed by atoms with Gasteiger partial charge in [0.1, 0.15) is 11.3 Å². The number of allylic oxidation sites excluding steroid dienone is 1. The third-order valence-corrected chi connectivity index (χ3v) is 9.08. The van der Waals surface area contributed by atoms with E-state index in [4.69, 9.17) is 13.9 Å². The first-order chi connectivity index (χ1) is 16.9. The Bertz CT molecular complexity index is 1210. The van der Waals surface area contributed by atoms with Gasteiger partial charge in [-0.15, -0.1) is 0 Å². The molecule has 0 saturated heterocycles. The quantitative estimate of drug-likeness (QED) is 0.340. The molecule has 0 aliphatic heterocycles. The first-order valence-corrected chi connectivity index (χ1v) is 12.8. The molecule has 4 rings (SSSR count). The summed E-state index contributed by atoms with van der Waals surface area (Å²) in [7, 11) is 0. The Balaban J connectivity index is 1.59. The maximum Gasteiger partial charge on any atom is 0.336 e. The Labute approximate surface area is 212 Å². The summed E-state index contributed by atoms with van der Waals surface area (Å²) in [6.07, 6.45) is 3.66. The molecule has 2 N–H and O–H groups in total. The predicted molar refractivity (Wildman–Crippen MR) is 137 cm³/mol. The van der Waals surface area contributed by atoms with Gasteiger partial charge in [0, 0.05) is 34.4 Å². The molecule has 196 valence electrons. The summed E-state index contributed by atoms with van der Waals surface area (Å²) < 4.78 is 17.2. The lowest BCUT2D eigenvalue weighted by molar-refractivity contribution is -0.217. The largest absolute Gasteiger partial charge is 0.493 e. The standard InChI is InChI=1S/C29H38O7/c1-6-18(2)26(32)35-17-28(4)22-11-14-29(5,33)23(27(22,3)13-12-24(28)30)16-34-20-9-7-19-8-10-25(31)36-21(19)15-20/h6-10,15,22-24,30,33H,11-14,16-17H2,1-5H3/t22-,23-,24+,27+,28+,29-/m0/s1. The minimum Gasteiger partial charge on any atom is -0.493 e. The monoisotopic (exact) mass is 498 g/mol. The maximum atomic E-state index is 12.4. The van der Waals surface area contributed by atoms with Crippen LogP contribution in [0.1, 0.15) is 60.3 Å². The molecule has 2 aliphatic carbocycles. The summed E-state index contributed by atoms with van der Waals surface area (Å²) in [5.74, 6) is -0.00507. The van der Waals surface area contributed by atoms with Crippen LogP contribution in [0.2, 0.25) is 0 Å². The molecular weight excluding hydrogens is 460 g/mol. The van der Waals surface area contributed by atoms with E-state index in [2.05, 4.69) is 6.92 Å². The van der Waals surface area contributed by atoms with Crippen molar-refractivity contribution >= 4 is 16.9 Å². The lowest BCUT2D eigenvalue weighted by atomic mass is 9.45. The van der Waals surface area contributed by atoms with E-state index in [1.54, 1.807) is 32.1 Å². The number of carbonyl (C=O) groups excluding carboxylic acids is 1. The van der Waals surface area contributed by atoms with Crippen molar-refractivity contribution in [3.8, 4) is 5.75 Å². The average molecular weight is 499 g/mol. The van der Waals surface area contributed by atoms with Crippen LogP contribution in [0.5, 0.6) is 5.75 Å². The Morgan fingerprint density at radius 2 is 1.89 bits per heavy atom. The van der Waals surface area contributed by atoms with Crippen LogP contribution >= 0.6 is 0 Å². The van der Waals surface area contributed by atoms with Crippen LogP contribution in [0.15, 0.2) is 51.2 Å². The second-order valence-corrected chi connectivity index (χ2v) is 11.4. The minimum atomic E-state index is -0.962. The smallest absolute Gasteiger partial charge is 0.336 e. The van der Waals surface area contributed by atoms with Gasteiger partial charge in [-0.2, -0.15) is 0 Å². The topological polar surface area (TPSA) is 106 Å². The van der Waals surface area contributed by atoms with Crippen molar-refractivity contribution in [2.24, 2.45) is 22.7 Å². The predicted octanol–water partition coefficient (Wildman–Crippen LogP) is 4.63. The highest BCUT2D eigenvalue weighted by atomic mass is 16.5. The van der Waals surface area contributed by atoms with Crippen LogP contribution in [0.3, 0.4) is 0 Å². The highest BCUT2D eigenvalue weighted by Crippen LogP contribution is 2.62. The van der Waals surface area contributed by atoms with Gasteiger partial charge in [-0.3, -0.25) is 0 Å². The summed E-state index contributed by atoms with van der Waals surface area (Å²) >= 11 is 0. The third kappa shape index (κ3) is 4.71. The van der Waals surface area contributed by atoms with Crippen LogP contribution in [0, 0.1) is 22.7 Å². The van der Waals surface area contributed by atoms with E-state index in [1.165, 1.54) is 6.07 Å². The third-order valence-electron chi connectivity index (χ3n) is 9.08. The normalized spacial score (nSPS) is 34.8. The van der Waals surface area contributed by atoms with Gasteiger partial charge in [-0.25, -0.2) is 9.59 Å². The number of hydrogen-bond acceptors (Lipinski definition) is 7. The highest BCUT2D eigenvalue weighted by molar-refractivity contribution is 5.87. The summed E-state index contributed by atoms with van der Waals surface area (Å²) in [5.41, 5.74) is -1.38. The van der Waals surface area contributed by atoms with E-state index in [0.29, 0.717) is 29.7 Å². The van der Waals surface area contributed by atoms with Crippen LogP contribution in [0.4, 0.5) is 0 Å². The van der Waals surface area contributed by atoms with Gasteiger partial charge in [0.15, 0.2) is 0 Å². The van der Waals surface area contributed by atoms with Crippen LogP contribution in [0.25, 0.3) is 11.0 Å². The van der Waals surface area contributed by atoms with E-state index >= 15 is 0 Å². The summed E-state index contributed by atoms with van der Waals surface area (Å²) in [4.78, 5) is 24.0. The molecule has 2 aromatic rings. The van der Waals surface area contributed by atoms with Crippen molar-refractivity contribution in [3.05, 3.63) is 52.4 Å². The fourth-order valence-corrected chi connectivity index (χ4v) is 6.66.